The highest BCUT2D eigenvalue weighted by atomic mass is 16.6. The van der Waals surface area contributed by atoms with Crippen molar-refractivity contribution in [3.8, 4) is 11.8 Å². The van der Waals surface area contributed by atoms with Crippen LogP contribution in [0.5, 0.6) is 0 Å². The number of nitrogens with zero attached hydrogens (tertiary/aromatic N) is 1. The van der Waals surface area contributed by atoms with Gasteiger partial charge >= 0.3 is 18.0 Å². The van der Waals surface area contributed by atoms with E-state index >= 15 is 0 Å². The Kier molecular flexibility index (Phi) is 6.12. The number of ether oxygens (including phenoxy) is 2. The number of aliphatic carboxylic acids is 1. The highest BCUT2D eigenvalue weighted by molar-refractivity contribution is 5.90. The fourth-order valence-electron chi connectivity index (χ4n) is 4.43. The van der Waals surface area contributed by atoms with Crippen molar-refractivity contribution < 1.29 is 29.0 Å². The molecular weight excluding hydrogens is 374 g/mol. The molecule has 0 spiro atoms. The molecular formula is C22H25NO6. The number of aryl methyl sites for hydroxylation is 1. The predicted molar refractivity (Wildman–Crippen MR) is 104 cm³/mol. The third-order valence-electron chi connectivity index (χ3n) is 5.63. The smallest absolute Gasteiger partial charge is 0.409 e. The van der Waals surface area contributed by atoms with Crippen molar-refractivity contribution in [3.05, 3.63) is 35.4 Å². The molecule has 1 aliphatic heterocycles. The zero-order chi connectivity index (χ0) is 21.0. The molecule has 29 heavy (non-hydrogen) atoms. The molecule has 1 aromatic rings. The number of amides is 1. The van der Waals surface area contributed by atoms with E-state index in [9.17, 15) is 14.4 Å². The van der Waals surface area contributed by atoms with E-state index in [-0.39, 0.29) is 12.0 Å². The molecule has 1 aromatic carbocycles. The van der Waals surface area contributed by atoms with Crippen molar-refractivity contribution in [2.24, 2.45) is 5.92 Å². The fourth-order valence-corrected chi connectivity index (χ4v) is 4.43. The molecule has 0 unspecified atom stereocenters. The Balaban J connectivity index is 1.96. The summed E-state index contributed by atoms with van der Waals surface area (Å²) in [5, 5.41) is 8.96. The van der Waals surface area contributed by atoms with E-state index in [1.165, 1.54) is 7.11 Å². The maximum Gasteiger partial charge on any atom is 0.409 e. The van der Waals surface area contributed by atoms with Crippen LogP contribution in [0.4, 0.5) is 4.79 Å². The third-order valence-corrected chi connectivity index (χ3v) is 5.63. The summed E-state index contributed by atoms with van der Waals surface area (Å²) in [5.74, 6) is 4.04. The molecule has 0 aromatic heterocycles. The van der Waals surface area contributed by atoms with Gasteiger partial charge in [-0.15, -0.1) is 0 Å². The summed E-state index contributed by atoms with van der Waals surface area (Å²) < 4.78 is 10.6. The number of fused-ring (bicyclic) bond motifs is 1. The lowest BCUT2D eigenvalue weighted by Crippen LogP contribution is -2.52. The van der Waals surface area contributed by atoms with Gasteiger partial charge in [-0.2, -0.15) is 0 Å². The maximum atomic E-state index is 12.3. The van der Waals surface area contributed by atoms with Crippen LogP contribution >= 0.6 is 0 Å². The van der Waals surface area contributed by atoms with Gasteiger partial charge in [-0.3, -0.25) is 9.59 Å². The summed E-state index contributed by atoms with van der Waals surface area (Å²) >= 11 is 0. The quantitative estimate of drug-likeness (QED) is 0.477. The predicted octanol–water partition coefficient (Wildman–Crippen LogP) is 2.74. The summed E-state index contributed by atoms with van der Waals surface area (Å²) in [6, 6.07) is 7.54. The molecule has 3 atom stereocenters. The highest BCUT2D eigenvalue weighted by Gasteiger charge is 2.53. The van der Waals surface area contributed by atoms with E-state index in [4.69, 9.17) is 14.6 Å². The number of carboxylic acid groups (broad SMARTS) is 1. The minimum Gasteiger partial charge on any atom is -0.481 e. The lowest BCUT2D eigenvalue weighted by molar-refractivity contribution is -0.166. The van der Waals surface area contributed by atoms with Gasteiger partial charge in [-0.05, 0) is 56.2 Å². The Morgan fingerprint density at radius 3 is 2.79 bits per heavy atom. The third kappa shape index (κ3) is 4.53. The van der Waals surface area contributed by atoms with Crippen LogP contribution in [0.15, 0.2) is 24.3 Å². The van der Waals surface area contributed by atoms with Gasteiger partial charge in [0.15, 0.2) is 5.60 Å². The molecule has 1 amide bonds. The van der Waals surface area contributed by atoms with Crippen LogP contribution in [0.25, 0.3) is 0 Å². The molecule has 1 N–H and O–H groups in total. The standard InChI is InChI=1S/C22H25NO6/c1-15-5-3-6-16(13-15)8-11-22(29-20(26)14-19(24)25)10-4-7-18-17(22)9-12-23(18)21(27)28-2/h3,5-6,13,17-18H,4,7,9-10,12,14H2,1-2H3,(H,24,25)/t17-,18-,22-/m1/s1. The number of likely N-dealkylation sites (tertiary alicyclic amines) is 1. The monoisotopic (exact) mass is 399 g/mol. The van der Waals surface area contributed by atoms with E-state index in [0.717, 1.165) is 17.5 Å². The first kappa shape index (κ1) is 20.7. The van der Waals surface area contributed by atoms with Crippen LogP contribution in [-0.4, -0.2) is 53.3 Å². The molecule has 2 aliphatic rings. The number of carbonyl (C=O) groups excluding carboxylic acids is 2. The van der Waals surface area contributed by atoms with E-state index in [2.05, 4.69) is 11.8 Å². The second-order valence-electron chi connectivity index (χ2n) is 7.57. The zero-order valence-corrected chi connectivity index (χ0v) is 16.6. The number of rotatable bonds is 3. The van der Waals surface area contributed by atoms with Gasteiger partial charge in [0.05, 0.1) is 7.11 Å². The molecule has 1 saturated carbocycles. The summed E-state index contributed by atoms with van der Waals surface area (Å²) in [5.41, 5.74) is 0.735. The van der Waals surface area contributed by atoms with Crippen LogP contribution in [0.3, 0.4) is 0 Å². The second kappa shape index (κ2) is 8.56. The Hall–Kier alpha value is -3.01. The summed E-state index contributed by atoms with van der Waals surface area (Å²) in [7, 11) is 1.34. The van der Waals surface area contributed by atoms with Gasteiger partial charge in [0.2, 0.25) is 0 Å². The second-order valence-corrected chi connectivity index (χ2v) is 7.57. The summed E-state index contributed by atoms with van der Waals surface area (Å²) in [4.78, 5) is 37.1. The number of benzene rings is 1. The minimum absolute atomic E-state index is 0.152. The van der Waals surface area contributed by atoms with Gasteiger partial charge < -0.3 is 19.5 Å². The van der Waals surface area contributed by atoms with Crippen molar-refractivity contribution in [2.75, 3.05) is 13.7 Å². The van der Waals surface area contributed by atoms with Gasteiger partial charge in [-0.25, -0.2) is 4.79 Å². The van der Waals surface area contributed by atoms with Crippen molar-refractivity contribution in [1.29, 1.82) is 0 Å². The van der Waals surface area contributed by atoms with E-state index < -0.39 is 30.1 Å². The van der Waals surface area contributed by atoms with Gasteiger partial charge in [0, 0.05) is 24.1 Å². The van der Waals surface area contributed by atoms with E-state index in [1.807, 2.05) is 31.2 Å². The van der Waals surface area contributed by atoms with Crippen molar-refractivity contribution in [2.45, 2.75) is 50.7 Å². The van der Waals surface area contributed by atoms with Crippen molar-refractivity contribution in [1.82, 2.24) is 4.90 Å². The SMILES string of the molecule is COC(=O)N1CC[C@@H]2[C@H]1CCC[C@]2(C#Cc1cccc(C)c1)OC(=O)CC(=O)O. The lowest BCUT2D eigenvalue weighted by atomic mass is 9.72. The maximum absolute atomic E-state index is 12.3. The molecule has 3 rings (SSSR count). The molecule has 0 bridgehead atoms. The van der Waals surface area contributed by atoms with Crippen molar-refractivity contribution in [3.63, 3.8) is 0 Å². The van der Waals surface area contributed by atoms with Crippen LogP contribution < -0.4 is 0 Å². The average molecular weight is 399 g/mol. The Labute approximate surface area is 170 Å². The van der Waals surface area contributed by atoms with Gasteiger partial charge in [0.1, 0.15) is 6.42 Å². The van der Waals surface area contributed by atoms with Crippen LogP contribution in [0.1, 0.15) is 43.2 Å². The normalized spacial score (nSPS) is 25.4. The summed E-state index contributed by atoms with van der Waals surface area (Å²) in [6.07, 6.45) is 1.47. The molecule has 2 fully saturated rings. The molecule has 154 valence electrons. The fraction of sp³-hybridized carbons (Fsp3) is 0.500. The first-order chi connectivity index (χ1) is 13.8. The number of esters is 1. The lowest BCUT2D eigenvalue weighted by Gasteiger charge is -2.42. The number of carboxylic acids is 1. The van der Waals surface area contributed by atoms with Crippen LogP contribution in [0.2, 0.25) is 0 Å². The van der Waals surface area contributed by atoms with E-state index in [1.54, 1.807) is 4.90 Å². The number of hydrogen-bond donors (Lipinski definition) is 1. The molecule has 1 saturated heterocycles. The molecule has 0 radical (unpaired) electrons. The largest absolute Gasteiger partial charge is 0.481 e. The zero-order valence-electron chi connectivity index (χ0n) is 16.6. The first-order valence-electron chi connectivity index (χ1n) is 9.73. The van der Waals surface area contributed by atoms with Crippen LogP contribution in [-0.2, 0) is 19.1 Å². The van der Waals surface area contributed by atoms with Crippen molar-refractivity contribution >= 4 is 18.0 Å². The molecule has 1 aliphatic carbocycles. The average Bonchev–Trinajstić information content (AvgIpc) is 3.11. The molecule has 7 nitrogen and oxygen atoms in total. The van der Waals surface area contributed by atoms with Crippen LogP contribution in [0, 0.1) is 24.7 Å². The molecule has 7 heteroatoms. The number of methoxy groups -OCH3 is 1. The topological polar surface area (TPSA) is 93.1 Å². The first-order valence-corrected chi connectivity index (χ1v) is 9.73. The Bertz CT molecular complexity index is 870. The number of hydrogen-bond acceptors (Lipinski definition) is 5. The van der Waals surface area contributed by atoms with E-state index in [0.29, 0.717) is 25.8 Å². The Morgan fingerprint density at radius 1 is 1.31 bits per heavy atom. The summed E-state index contributed by atoms with van der Waals surface area (Å²) in [6.45, 7) is 2.46. The highest BCUT2D eigenvalue weighted by Crippen LogP contribution is 2.45. The Morgan fingerprint density at radius 2 is 2.10 bits per heavy atom. The number of carbonyl (C=O) groups is 3. The van der Waals surface area contributed by atoms with Gasteiger partial charge in [-0.1, -0.05) is 18.1 Å². The minimum atomic E-state index is -1.24. The molecule has 1 heterocycles. The van der Waals surface area contributed by atoms with Gasteiger partial charge in [0.25, 0.3) is 0 Å².